The number of amides is 1. The van der Waals surface area contributed by atoms with Gasteiger partial charge in [-0.1, -0.05) is 26.7 Å². The number of quaternary nitrogens is 1. The van der Waals surface area contributed by atoms with E-state index in [1.165, 1.54) is 0 Å². The number of likely N-dealkylation sites (N-methyl/N-ethyl adjacent to an activating group) is 1. The summed E-state index contributed by atoms with van der Waals surface area (Å²) in [6.07, 6.45) is -6.46. The summed E-state index contributed by atoms with van der Waals surface area (Å²) in [5, 5.41) is 2.76. The predicted octanol–water partition coefficient (Wildman–Crippen LogP) is 4.62. The number of hydrogen-bond acceptors (Lipinski definition) is 4. The van der Waals surface area contributed by atoms with Crippen LogP contribution in [0, 0.1) is 0 Å². The second kappa shape index (κ2) is 12.2. The van der Waals surface area contributed by atoms with Gasteiger partial charge in [-0.15, -0.1) is 0 Å². The molecule has 0 saturated carbocycles. The monoisotopic (exact) mass is 574 g/mol. The van der Waals surface area contributed by atoms with Gasteiger partial charge in [0.05, 0.1) is 52.7 Å². The van der Waals surface area contributed by atoms with Crippen LogP contribution in [0.5, 0.6) is 0 Å². The van der Waals surface area contributed by atoms with E-state index in [4.69, 9.17) is 0 Å². The summed E-state index contributed by atoms with van der Waals surface area (Å²) >= 11 is 0. The lowest BCUT2D eigenvalue weighted by atomic mass is 9.99. The molecule has 0 radical (unpaired) electrons. The van der Waals surface area contributed by atoms with Crippen molar-refractivity contribution in [2.24, 2.45) is 0 Å². The number of ether oxygens (including phenoxy) is 1. The summed E-state index contributed by atoms with van der Waals surface area (Å²) in [7, 11) is 5.50. The zero-order valence-corrected chi connectivity index (χ0v) is 22.2. The summed E-state index contributed by atoms with van der Waals surface area (Å²) in [6, 6.07) is -1.37. The van der Waals surface area contributed by atoms with Crippen LogP contribution in [0.2, 0.25) is 0 Å². The Morgan fingerprint density at radius 3 is 2.05 bits per heavy atom. The van der Waals surface area contributed by atoms with Crippen molar-refractivity contribution >= 4 is 11.9 Å². The largest absolute Gasteiger partial charge is 0.464 e. The van der Waals surface area contributed by atoms with Gasteiger partial charge in [0.25, 0.3) is 0 Å². The van der Waals surface area contributed by atoms with Crippen molar-refractivity contribution in [3.05, 3.63) is 0 Å². The molecule has 1 saturated heterocycles. The number of nitrogens with one attached hydrogen (secondary N) is 1. The number of unbranched alkanes of at least 4 members (excludes halogenated alkanes) is 1. The second-order valence-corrected chi connectivity index (χ2v) is 10.7. The minimum atomic E-state index is -7.02. The van der Waals surface area contributed by atoms with Crippen LogP contribution in [0.1, 0.15) is 52.4 Å². The molecule has 0 bridgehead atoms. The van der Waals surface area contributed by atoms with Crippen LogP contribution in [0.3, 0.4) is 0 Å². The molecule has 6 nitrogen and oxygen atoms in total. The van der Waals surface area contributed by atoms with Crippen molar-refractivity contribution in [1.29, 1.82) is 0 Å². The maximum atomic E-state index is 13.8. The van der Waals surface area contributed by atoms with Crippen molar-refractivity contribution in [2.75, 3.05) is 47.4 Å². The molecule has 1 N–H and O–H groups in total. The SMILES string of the molecule is CCCCC1(CC)CN1C(=O)CC(NCC[N+](C)(C)C)C(=O)OCCC(F)(F)C(F)(F)C(F)(F)C(F)(F)F. The minimum absolute atomic E-state index is 0.164. The molecule has 2 unspecified atom stereocenters. The van der Waals surface area contributed by atoms with Crippen molar-refractivity contribution in [1.82, 2.24) is 10.2 Å². The summed E-state index contributed by atoms with van der Waals surface area (Å²) in [5.41, 5.74) is -0.346. The van der Waals surface area contributed by atoms with Gasteiger partial charge in [0.1, 0.15) is 6.04 Å². The first-order valence-electron chi connectivity index (χ1n) is 12.3. The van der Waals surface area contributed by atoms with E-state index in [0.29, 0.717) is 24.0 Å². The van der Waals surface area contributed by atoms with Crippen LogP contribution in [-0.2, 0) is 14.3 Å². The zero-order valence-electron chi connectivity index (χ0n) is 22.2. The first-order valence-corrected chi connectivity index (χ1v) is 12.3. The molecule has 0 aromatic carbocycles. The summed E-state index contributed by atoms with van der Waals surface area (Å²) in [4.78, 5) is 27.0. The molecule has 0 spiro atoms. The van der Waals surface area contributed by atoms with Crippen molar-refractivity contribution in [3.8, 4) is 0 Å². The Kier molecular flexibility index (Phi) is 11.0. The van der Waals surface area contributed by atoms with E-state index in [1.54, 1.807) is 4.90 Å². The van der Waals surface area contributed by atoms with Gasteiger partial charge in [0, 0.05) is 13.1 Å². The van der Waals surface area contributed by atoms with Crippen LogP contribution < -0.4 is 5.32 Å². The Morgan fingerprint density at radius 2 is 1.58 bits per heavy atom. The third-order valence-corrected chi connectivity index (χ3v) is 6.58. The number of nitrogens with zero attached hydrogens (tertiary/aromatic N) is 2. The van der Waals surface area contributed by atoms with Gasteiger partial charge >= 0.3 is 29.9 Å². The molecule has 1 aliphatic heterocycles. The molecule has 1 fully saturated rings. The number of halogens is 9. The van der Waals surface area contributed by atoms with Crippen molar-refractivity contribution in [3.63, 3.8) is 0 Å². The number of carbonyl (C=O) groups excluding carboxylic acids is 2. The van der Waals surface area contributed by atoms with E-state index in [1.807, 2.05) is 35.0 Å². The minimum Gasteiger partial charge on any atom is -0.464 e. The van der Waals surface area contributed by atoms with E-state index in [9.17, 15) is 49.1 Å². The molecular formula is C23H37F9N3O3+. The highest BCUT2D eigenvalue weighted by Gasteiger charge is 2.81. The van der Waals surface area contributed by atoms with Crippen LogP contribution in [0.15, 0.2) is 0 Å². The van der Waals surface area contributed by atoms with Crippen LogP contribution in [0.25, 0.3) is 0 Å². The first-order chi connectivity index (χ1) is 17.1. The molecular weight excluding hydrogens is 537 g/mol. The molecule has 1 aliphatic rings. The lowest BCUT2D eigenvalue weighted by Gasteiger charge is -2.33. The molecule has 224 valence electrons. The molecule has 38 heavy (non-hydrogen) atoms. The van der Waals surface area contributed by atoms with Gasteiger partial charge in [-0.25, -0.2) is 0 Å². The molecule has 0 aromatic rings. The Morgan fingerprint density at radius 1 is 1.00 bits per heavy atom. The van der Waals surface area contributed by atoms with Gasteiger partial charge in [0.2, 0.25) is 5.91 Å². The Balaban J connectivity index is 2.89. The smallest absolute Gasteiger partial charge is 0.460 e. The highest BCUT2D eigenvalue weighted by molar-refractivity contribution is 5.87. The van der Waals surface area contributed by atoms with Crippen molar-refractivity contribution in [2.45, 2.75) is 87.9 Å². The number of hydrogen-bond donors (Lipinski definition) is 1. The molecule has 2 atom stereocenters. The van der Waals surface area contributed by atoms with Gasteiger partial charge in [-0.3, -0.25) is 14.9 Å². The maximum Gasteiger partial charge on any atom is 0.460 e. The summed E-state index contributed by atoms with van der Waals surface area (Å²) in [6.45, 7) is 3.41. The van der Waals surface area contributed by atoms with E-state index >= 15 is 0 Å². The predicted molar refractivity (Wildman–Crippen MR) is 120 cm³/mol. The fourth-order valence-electron chi connectivity index (χ4n) is 3.85. The van der Waals surface area contributed by atoms with Crippen LogP contribution in [-0.4, -0.2) is 104 Å². The van der Waals surface area contributed by atoms with Crippen LogP contribution >= 0.6 is 0 Å². The van der Waals surface area contributed by atoms with E-state index in [2.05, 4.69) is 10.1 Å². The standard InChI is InChI=1S/C23H37F9N3O3/c1-6-8-9-19(7-2)15-34(19)17(36)14-16(33-11-12-35(3,4)5)18(37)38-13-10-20(24,25)21(26,27)22(28,29)23(30,31)32/h16,33H,6-15H2,1-5H3/q+1. The topological polar surface area (TPSA) is 58.4 Å². The Hall–Kier alpha value is -1.77. The third kappa shape index (κ3) is 8.12. The van der Waals surface area contributed by atoms with E-state index in [0.717, 1.165) is 19.3 Å². The third-order valence-electron chi connectivity index (χ3n) is 6.58. The zero-order chi connectivity index (χ0) is 29.8. The maximum absolute atomic E-state index is 13.8. The van der Waals surface area contributed by atoms with Gasteiger partial charge in [0.15, 0.2) is 0 Å². The summed E-state index contributed by atoms with van der Waals surface area (Å²) in [5.74, 6) is -21.4. The number of carbonyl (C=O) groups is 2. The lowest BCUT2D eigenvalue weighted by molar-refractivity contribution is -0.869. The highest BCUT2D eigenvalue weighted by atomic mass is 19.4. The fraction of sp³-hybridized carbons (Fsp3) is 0.913. The molecule has 1 heterocycles. The van der Waals surface area contributed by atoms with Gasteiger partial charge in [-0.2, -0.15) is 39.5 Å². The average Bonchev–Trinajstić information content (AvgIpc) is 3.50. The molecule has 15 heteroatoms. The van der Waals surface area contributed by atoms with E-state index in [-0.39, 0.29) is 12.1 Å². The normalized spacial score (nSPS) is 19.9. The molecule has 1 rings (SSSR count). The van der Waals surface area contributed by atoms with Crippen molar-refractivity contribution < 1.29 is 58.3 Å². The lowest BCUT2D eigenvalue weighted by Crippen LogP contribution is -2.61. The molecule has 0 aromatic heterocycles. The number of esters is 1. The fourth-order valence-corrected chi connectivity index (χ4v) is 3.85. The Labute approximate surface area is 216 Å². The van der Waals surface area contributed by atoms with E-state index < -0.39 is 61.3 Å². The molecule has 1 amide bonds. The van der Waals surface area contributed by atoms with Gasteiger partial charge < -0.3 is 14.1 Å². The summed E-state index contributed by atoms with van der Waals surface area (Å²) < 4.78 is 122. The first kappa shape index (κ1) is 34.3. The molecule has 0 aliphatic carbocycles. The average molecular weight is 575 g/mol. The van der Waals surface area contributed by atoms with Gasteiger partial charge in [-0.05, 0) is 12.8 Å². The highest BCUT2D eigenvalue weighted by Crippen LogP contribution is 2.54. The number of rotatable bonds is 16. The van der Waals surface area contributed by atoms with Crippen LogP contribution in [0.4, 0.5) is 39.5 Å². The number of alkyl halides is 9. The second-order valence-electron chi connectivity index (χ2n) is 10.7. The Bertz CT molecular complexity index is 816. The quantitative estimate of drug-likeness (QED) is 0.127.